The summed E-state index contributed by atoms with van der Waals surface area (Å²) in [5.41, 5.74) is 0. The fraction of sp³-hybridized carbons (Fsp3) is 0.562. The summed E-state index contributed by atoms with van der Waals surface area (Å²) in [4.78, 5) is 4.18. The van der Waals surface area contributed by atoms with E-state index in [9.17, 15) is 0 Å². The smallest absolute Gasteiger partial charge is 0.191 e. The number of unbranched alkanes of at least 4 members (excludes halogenated alkanes) is 1. The number of aliphatic imine (C=N–C) groups is 1. The molecule has 23 heavy (non-hydrogen) atoms. The predicted octanol–water partition coefficient (Wildman–Crippen LogP) is 3.43. The van der Waals surface area contributed by atoms with Crippen LogP contribution in [0.1, 0.15) is 19.8 Å². The maximum atomic E-state index is 5.64. The average molecular weight is 500 g/mol. The summed E-state index contributed by atoms with van der Waals surface area (Å²) in [6.07, 6.45) is 2.13. The monoisotopic (exact) mass is 499 g/mol. The number of guanidine groups is 1. The predicted molar refractivity (Wildman–Crippen MR) is 110 cm³/mol. The van der Waals surface area contributed by atoms with Crippen LogP contribution in [0, 0.1) is 0 Å². The Morgan fingerprint density at radius 2 is 1.78 bits per heavy atom. The van der Waals surface area contributed by atoms with E-state index in [1.807, 2.05) is 31.2 Å². The molecule has 1 aromatic rings. The van der Waals surface area contributed by atoms with E-state index in [1.165, 1.54) is 0 Å². The number of rotatable bonds is 10. The molecule has 0 bridgehead atoms. The number of hydrogen-bond acceptors (Lipinski definition) is 3. The molecule has 0 saturated heterocycles. The quantitative estimate of drug-likeness (QED) is 0.224. The fourth-order valence-corrected chi connectivity index (χ4v) is 2.03. The minimum Gasteiger partial charge on any atom is -0.492 e. The largest absolute Gasteiger partial charge is 0.492 e. The number of hydrogen-bond donors (Lipinski definition) is 2. The molecule has 0 aromatic heterocycles. The molecule has 1 aromatic carbocycles. The molecule has 0 amide bonds. The van der Waals surface area contributed by atoms with Crippen molar-refractivity contribution in [1.29, 1.82) is 0 Å². The third-order valence-corrected chi connectivity index (χ3v) is 3.44. The van der Waals surface area contributed by atoms with Gasteiger partial charge in [0.05, 0.1) is 6.54 Å². The highest BCUT2D eigenvalue weighted by Gasteiger charge is 1.98. The summed E-state index contributed by atoms with van der Waals surface area (Å²) < 4.78 is 12.0. The van der Waals surface area contributed by atoms with Crippen LogP contribution in [-0.2, 0) is 4.74 Å². The SMILES string of the molecule is CCOCCCCNC(=NC)NCCOc1ccc(Br)cc1.I. The third kappa shape index (κ3) is 11.6. The Morgan fingerprint density at radius 1 is 1.09 bits per heavy atom. The number of nitrogens with one attached hydrogen (secondary N) is 2. The number of halogens is 2. The number of nitrogens with zero attached hydrogens (tertiary/aromatic N) is 1. The number of ether oxygens (including phenoxy) is 2. The van der Waals surface area contributed by atoms with Crippen LogP contribution in [0.5, 0.6) is 5.75 Å². The van der Waals surface area contributed by atoms with E-state index in [4.69, 9.17) is 9.47 Å². The van der Waals surface area contributed by atoms with Crippen LogP contribution in [0.4, 0.5) is 0 Å². The molecule has 7 heteroatoms. The first-order valence-corrected chi connectivity index (χ1v) is 8.46. The second-order valence-corrected chi connectivity index (χ2v) is 5.55. The summed E-state index contributed by atoms with van der Waals surface area (Å²) in [5, 5.41) is 6.50. The summed E-state index contributed by atoms with van der Waals surface area (Å²) in [7, 11) is 1.77. The zero-order valence-corrected chi connectivity index (χ0v) is 17.7. The molecule has 0 fully saturated rings. The van der Waals surface area contributed by atoms with Crippen molar-refractivity contribution in [1.82, 2.24) is 10.6 Å². The standard InChI is InChI=1S/C16H26BrN3O2.HI/c1-3-21-12-5-4-10-19-16(18-2)20-11-13-22-15-8-6-14(17)7-9-15;/h6-9H,3-5,10-13H2,1-2H3,(H2,18,19,20);1H. The Balaban J connectivity index is 0.00000484. The highest BCUT2D eigenvalue weighted by molar-refractivity contribution is 14.0. The van der Waals surface area contributed by atoms with Crippen molar-refractivity contribution < 1.29 is 9.47 Å². The van der Waals surface area contributed by atoms with Gasteiger partial charge >= 0.3 is 0 Å². The normalized spacial score (nSPS) is 10.8. The molecule has 0 heterocycles. The van der Waals surface area contributed by atoms with E-state index in [2.05, 4.69) is 31.6 Å². The molecule has 0 aliphatic heterocycles. The summed E-state index contributed by atoms with van der Waals surface area (Å²) in [5.74, 6) is 1.67. The van der Waals surface area contributed by atoms with Gasteiger partial charge in [0.25, 0.3) is 0 Å². The number of benzene rings is 1. The molecule has 132 valence electrons. The Morgan fingerprint density at radius 3 is 2.43 bits per heavy atom. The Kier molecular flexibility index (Phi) is 14.7. The summed E-state index contributed by atoms with van der Waals surface area (Å²) >= 11 is 3.40. The van der Waals surface area contributed by atoms with Gasteiger partial charge in [0.2, 0.25) is 0 Å². The fourth-order valence-electron chi connectivity index (χ4n) is 1.77. The van der Waals surface area contributed by atoms with Crippen LogP contribution in [0.15, 0.2) is 33.7 Å². The van der Waals surface area contributed by atoms with Crippen molar-refractivity contribution in [3.8, 4) is 5.75 Å². The van der Waals surface area contributed by atoms with Crippen molar-refractivity contribution in [2.75, 3.05) is 40.0 Å². The first kappa shape index (κ1) is 22.5. The van der Waals surface area contributed by atoms with Gasteiger partial charge in [0.1, 0.15) is 12.4 Å². The molecule has 0 spiro atoms. The Bertz CT molecular complexity index is 430. The highest BCUT2D eigenvalue weighted by atomic mass is 127. The molecule has 0 aliphatic rings. The minimum atomic E-state index is 0. The summed E-state index contributed by atoms with van der Waals surface area (Å²) in [6, 6.07) is 7.81. The van der Waals surface area contributed by atoms with Crippen molar-refractivity contribution in [2.24, 2.45) is 4.99 Å². The van der Waals surface area contributed by atoms with Crippen LogP contribution in [0.2, 0.25) is 0 Å². The van der Waals surface area contributed by atoms with Gasteiger partial charge in [-0.15, -0.1) is 24.0 Å². The van der Waals surface area contributed by atoms with E-state index >= 15 is 0 Å². The van der Waals surface area contributed by atoms with Crippen LogP contribution in [0.25, 0.3) is 0 Å². The van der Waals surface area contributed by atoms with Crippen LogP contribution in [0.3, 0.4) is 0 Å². The molecule has 1 rings (SSSR count). The molecular weight excluding hydrogens is 473 g/mol. The molecule has 0 aliphatic carbocycles. The first-order valence-electron chi connectivity index (χ1n) is 7.67. The van der Waals surface area contributed by atoms with Crippen molar-refractivity contribution in [3.63, 3.8) is 0 Å². The van der Waals surface area contributed by atoms with Gasteiger partial charge in [-0.05, 0) is 44.0 Å². The molecule has 2 N–H and O–H groups in total. The Labute approximate surface area is 164 Å². The molecule has 0 atom stereocenters. The summed E-state index contributed by atoms with van der Waals surface area (Å²) in [6.45, 7) is 5.81. The van der Waals surface area contributed by atoms with E-state index in [0.29, 0.717) is 13.2 Å². The third-order valence-electron chi connectivity index (χ3n) is 2.91. The average Bonchev–Trinajstić information content (AvgIpc) is 2.54. The van der Waals surface area contributed by atoms with Gasteiger partial charge in [-0.1, -0.05) is 15.9 Å². The van der Waals surface area contributed by atoms with E-state index < -0.39 is 0 Å². The van der Waals surface area contributed by atoms with Crippen molar-refractivity contribution in [2.45, 2.75) is 19.8 Å². The Hall–Kier alpha value is -0.540. The lowest BCUT2D eigenvalue weighted by Crippen LogP contribution is -2.39. The lowest BCUT2D eigenvalue weighted by atomic mass is 10.3. The van der Waals surface area contributed by atoms with E-state index in [-0.39, 0.29) is 24.0 Å². The van der Waals surface area contributed by atoms with Gasteiger partial charge in [0.15, 0.2) is 5.96 Å². The maximum absolute atomic E-state index is 5.64. The zero-order chi connectivity index (χ0) is 16.0. The van der Waals surface area contributed by atoms with Gasteiger partial charge in [-0.3, -0.25) is 4.99 Å². The van der Waals surface area contributed by atoms with Gasteiger partial charge in [0, 0.05) is 31.3 Å². The van der Waals surface area contributed by atoms with Crippen LogP contribution < -0.4 is 15.4 Å². The van der Waals surface area contributed by atoms with Crippen LogP contribution in [-0.4, -0.2) is 45.9 Å². The first-order chi connectivity index (χ1) is 10.8. The second-order valence-electron chi connectivity index (χ2n) is 4.63. The zero-order valence-electron chi connectivity index (χ0n) is 13.8. The molecule has 0 unspecified atom stereocenters. The molecule has 0 radical (unpaired) electrons. The minimum absolute atomic E-state index is 0. The van der Waals surface area contributed by atoms with Crippen molar-refractivity contribution in [3.05, 3.63) is 28.7 Å². The molecular formula is C16H27BrIN3O2. The van der Waals surface area contributed by atoms with E-state index in [1.54, 1.807) is 7.05 Å². The van der Waals surface area contributed by atoms with Gasteiger partial charge in [-0.25, -0.2) is 0 Å². The lowest BCUT2D eigenvalue weighted by molar-refractivity contribution is 0.143. The highest BCUT2D eigenvalue weighted by Crippen LogP contribution is 2.15. The second kappa shape index (κ2) is 15.0. The van der Waals surface area contributed by atoms with Gasteiger partial charge < -0.3 is 20.1 Å². The topological polar surface area (TPSA) is 54.9 Å². The van der Waals surface area contributed by atoms with E-state index in [0.717, 1.165) is 48.8 Å². The lowest BCUT2D eigenvalue weighted by Gasteiger charge is -2.12. The van der Waals surface area contributed by atoms with Crippen LogP contribution >= 0.6 is 39.9 Å². The maximum Gasteiger partial charge on any atom is 0.191 e. The molecule has 5 nitrogen and oxygen atoms in total. The van der Waals surface area contributed by atoms with Gasteiger partial charge in [-0.2, -0.15) is 0 Å². The molecule has 0 saturated carbocycles. The van der Waals surface area contributed by atoms with Crippen molar-refractivity contribution >= 4 is 45.9 Å².